The lowest BCUT2D eigenvalue weighted by Crippen LogP contribution is -2.32. The maximum absolute atomic E-state index is 12.7. The minimum atomic E-state index is -0.200. The molecule has 0 heterocycles. The van der Waals surface area contributed by atoms with Crippen LogP contribution in [0.5, 0.6) is 0 Å². The van der Waals surface area contributed by atoms with E-state index in [0.717, 1.165) is 29.7 Å². The summed E-state index contributed by atoms with van der Waals surface area (Å²) in [4.78, 5) is 12.7. The second-order valence-corrected chi connectivity index (χ2v) is 7.61. The maximum atomic E-state index is 12.7. The first-order valence-corrected chi connectivity index (χ1v) is 7.93. The number of Topliss-reactive ketones (excluding diaryl/α,β-unsaturated/α-hetero) is 1. The van der Waals surface area contributed by atoms with Gasteiger partial charge in [0.05, 0.1) is 0 Å². The van der Waals surface area contributed by atoms with Crippen molar-refractivity contribution in [3.63, 3.8) is 0 Å². The lowest BCUT2D eigenvalue weighted by Gasteiger charge is -2.31. The van der Waals surface area contributed by atoms with Crippen molar-refractivity contribution in [2.75, 3.05) is 5.32 Å². The Hall–Kier alpha value is -1.28. The fourth-order valence-corrected chi connectivity index (χ4v) is 4.17. The highest BCUT2D eigenvalue weighted by Crippen LogP contribution is 2.65. The third-order valence-electron chi connectivity index (χ3n) is 5.95. The molecule has 2 atom stereocenters. The van der Waals surface area contributed by atoms with Gasteiger partial charge in [-0.2, -0.15) is 0 Å². The highest BCUT2D eigenvalue weighted by atomic mass is 35.5. The summed E-state index contributed by atoms with van der Waals surface area (Å²) in [6.07, 6.45) is 4.03. The number of benzene rings is 1. The van der Waals surface area contributed by atoms with Crippen molar-refractivity contribution in [1.29, 1.82) is 0 Å². The standard InChI is InChI=1S/C18H22ClNO/c1-11-5-6-12(19)9-15(11)20-10-13-14-7-8-18(4,16(13)21)17(14,2)3/h5-6,9-10,14,20H,7-8H2,1-4H3/b13-10-/t14-,18+/m1/s1. The van der Waals surface area contributed by atoms with Gasteiger partial charge in [0.25, 0.3) is 0 Å². The second-order valence-electron chi connectivity index (χ2n) is 7.18. The molecule has 1 aromatic carbocycles. The van der Waals surface area contributed by atoms with E-state index in [4.69, 9.17) is 11.6 Å². The van der Waals surface area contributed by atoms with Crippen molar-refractivity contribution in [3.8, 4) is 0 Å². The molecular formula is C18H22ClNO. The van der Waals surface area contributed by atoms with E-state index in [1.165, 1.54) is 0 Å². The lowest BCUT2D eigenvalue weighted by atomic mass is 9.70. The Morgan fingerprint density at radius 1 is 1.33 bits per heavy atom. The summed E-state index contributed by atoms with van der Waals surface area (Å²) in [6, 6.07) is 5.76. The molecule has 0 spiro atoms. The molecule has 0 radical (unpaired) electrons. The van der Waals surface area contributed by atoms with Crippen LogP contribution in [0, 0.1) is 23.7 Å². The summed E-state index contributed by atoms with van der Waals surface area (Å²) in [5.41, 5.74) is 2.90. The Kier molecular flexibility index (Phi) is 3.21. The van der Waals surface area contributed by atoms with Crippen LogP contribution < -0.4 is 5.32 Å². The van der Waals surface area contributed by atoms with Crippen LogP contribution >= 0.6 is 11.6 Å². The number of anilines is 1. The predicted molar refractivity (Wildman–Crippen MR) is 87.5 cm³/mol. The fraction of sp³-hybridized carbons (Fsp3) is 0.500. The first-order valence-electron chi connectivity index (χ1n) is 7.55. The summed E-state index contributed by atoms with van der Waals surface area (Å²) < 4.78 is 0. The average molecular weight is 304 g/mol. The predicted octanol–water partition coefficient (Wildman–Crippen LogP) is 4.97. The minimum Gasteiger partial charge on any atom is -0.361 e. The number of hydrogen-bond acceptors (Lipinski definition) is 2. The third-order valence-corrected chi connectivity index (χ3v) is 6.18. The summed E-state index contributed by atoms with van der Waals surface area (Å²) in [5, 5.41) is 4.00. The van der Waals surface area contributed by atoms with Crippen molar-refractivity contribution >= 4 is 23.1 Å². The quantitative estimate of drug-likeness (QED) is 0.782. The monoisotopic (exact) mass is 303 g/mol. The van der Waals surface area contributed by atoms with E-state index in [-0.39, 0.29) is 10.8 Å². The van der Waals surface area contributed by atoms with Crippen LogP contribution in [0.25, 0.3) is 0 Å². The Balaban J connectivity index is 1.92. The first-order chi connectivity index (χ1) is 9.77. The van der Waals surface area contributed by atoms with Gasteiger partial charge in [-0.3, -0.25) is 4.79 Å². The van der Waals surface area contributed by atoms with Gasteiger partial charge >= 0.3 is 0 Å². The van der Waals surface area contributed by atoms with Gasteiger partial charge < -0.3 is 5.32 Å². The molecule has 1 aromatic rings. The zero-order valence-electron chi connectivity index (χ0n) is 13.1. The Morgan fingerprint density at radius 2 is 2.05 bits per heavy atom. The van der Waals surface area contributed by atoms with Crippen LogP contribution in [-0.4, -0.2) is 5.78 Å². The molecule has 3 heteroatoms. The molecule has 2 saturated carbocycles. The molecule has 112 valence electrons. The van der Waals surface area contributed by atoms with E-state index in [2.05, 4.69) is 26.1 Å². The molecule has 0 unspecified atom stereocenters. The molecule has 2 aliphatic carbocycles. The van der Waals surface area contributed by atoms with Gasteiger partial charge in [0.15, 0.2) is 5.78 Å². The fourth-order valence-electron chi connectivity index (χ4n) is 4.00. The number of nitrogens with one attached hydrogen (secondary N) is 1. The van der Waals surface area contributed by atoms with E-state index in [1.54, 1.807) is 0 Å². The van der Waals surface area contributed by atoms with Crippen molar-refractivity contribution < 1.29 is 4.79 Å². The van der Waals surface area contributed by atoms with Crippen LogP contribution in [-0.2, 0) is 4.79 Å². The molecule has 2 aliphatic rings. The van der Waals surface area contributed by atoms with Crippen LogP contribution in [0.4, 0.5) is 5.69 Å². The van der Waals surface area contributed by atoms with Crippen molar-refractivity contribution in [2.24, 2.45) is 16.7 Å². The number of rotatable bonds is 2. The van der Waals surface area contributed by atoms with E-state index in [9.17, 15) is 4.79 Å². The topological polar surface area (TPSA) is 29.1 Å². The Labute approximate surface area is 131 Å². The molecule has 2 nitrogen and oxygen atoms in total. The summed E-state index contributed by atoms with van der Waals surface area (Å²) >= 11 is 6.04. The molecule has 2 fully saturated rings. The maximum Gasteiger partial charge on any atom is 0.167 e. The van der Waals surface area contributed by atoms with E-state index in [1.807, 2.05) is 31.3 Å². The molecule has 0 saturated heterocycles. The second kappa shape index (κ2) is 4.61. The first kappa shape index (κ1) is 14.6. The summed E-state index contributed by atoms with van der Waals surface area (Å²) in [6.45, 7) is 8.62. The summed E-state index contributed by atoms with van der Waals surface area (Å²) in [7, 11) is 0. The molecular weight excluding hydrogens is 282 g/mol. The zero-order chi connectivity index (χ0) is 15.4. The van der Waals surface area contributed by atoms with Gasteiger partial charge in [0.2, 0.25) is 0 Å². The number of aryl methyl sites for hydroxylation is 1. The molecule has 2 bridgehead atoms. The van der Waals surface area contributed by atoms with E-state index in [0.29, 0.717) is 16.7 Å². The Bertz CT molecular complexity index is 647. The zero-order valence-corrected chi connectivity index (χ0v) is 13.8. The smallest absolute Gasteiger partial charge is 0.167 e. The highest BCUT2D eigenvalue weighted by Gasteiger charge is 2.63. The van der Waals surface area contributed by atoms with Crippen LogP contribution in [0.3, 0.4) is 0 Å². The molecule has 3 rings (SSSR count). The van der Waals surface area contributed by atoms with Crippen LogP contribution in [0.1, 0.15) is 39.2 Å². The number of allylic oxidation sites excluding steroid dienone is 1. The number of hydrogen-bond donors (Lipinski definition) is 1. The largest absolute Gasteiger partial charge is 0.361 e. The molecule has 1 N–H and O–H groups in total. The van der Waals surface area contributed by atoms with Crippen LogP contribution in [0.15, 0.2) is 30.0 Å². The number of ketones is 1. The van der Waals surface area contributed by atoms with Crippen molar-refractivity contribution in [2.45, 2.75) is 40.5 Å². The number of carbonyl (C=O) groups excluding carboxylic acids is 1. The minimum absolute atomic E-state index is 0.0565. The van der Waals surface area contributed by atoms with Crippen molar-refractivity contribution in [1.82, 2.24) is 0 Å². The van der Waals surface area contributed by atoms with E-state index < -0.39 is 0 Å². The normalized spacial score (nSPS) is 32.0. The van der Waals surface area contributed by atoms with Gasteiger partial charge in [0, 0.05) is 27.9 Å². The SMILES string of the molecule is Cc1ccc(Cl)cc1N/C=C1\C(=O)[C@]2(C)CC[C@H]1C2(C)C. The lowest BCUT2D eigenvalue weighted by molar-refractivity contribution is -0.125. The third kappa shape index (κ3) is 1.96. The van der Waals surface area contributed by atoms with Gasteiger partial charge in [-0.15, -0.1) is 0 Å². The Morgan fingerprint density at radius 3 is 2.67 bits per heavy atom. The van der Waals surface area contributed by atoms with Gasteiger partial charge in [-0.05, 0) is 48.8 Å². The number of fused-ring (bicyclic) bond motifs is 2. The summed E-state index contributed by atoms with van der Waals surface area (Å²) in [5.74, 6) is 0.679. The van der Waals surface area contributed by atoms with Gasteiger partial charge in [0.1, 0.15) is 0 Å². The van der Waals surface area contributed by atoms with Crippen molar-refractivity contribution in [3.05, 3.63) is 40.6 Å². The average Bonchev–Trinajstić information content (AvgIpc) is 2.73. The van der Waals surface area contributed by atoms with Crippen LogP contribution in [0.2, 0.25) is 5.02 Å². The van der Waals surface area contributed by atoms with E-state index >= 15 is 0 Å². The highest BCUT2D eigenvalue weighted by molar-refractivity contribution is 6.30. The molecule has 0 amide bonds. The molecule has 0 aromatic heterocycles. The van der Waals surface area contributed by atoms with Gasteiger partial charge in [-0.1, -0.05) is 38.4 Å². The number of halogens is 1. The molecule has 21 heavy (non-hydrogen) atoms. The number of carbonyl (C=O) groups is 1. The van der Waals surface area contributed by atoms with Gasteiger partial charge in [-0.25, -0.2) is 0 Å². The molecule has 0 aliphatic heterocycles.